The van der Waals surface area contributed by atoms with Crippen LogP contribution >= 0.6 is 11.3 Å². The Hall–Kier alpha value is -2.06. The van der Waals surface area contributed by atoms with Crippen molar-refractivity contribution in [1.29, 1.82) is 5.26 Å². The number of nitrogens with zero attached hydrogens (tertiary/aromatic N) is 3. The summed E-state index contributed by atoms with van der Waals surface area (Å²) in [6.45, 7) is 5.73. The van der Waals surface area contributed by atoms with Crippen molar-refractivity contribution in [3.05, 3.63) is 36.0 Å². The van der Waals surface area contributed by atoms with Crippen LogP contribution in [0, 0.1) is 17.4 Å². The molecule has 1 aromatic carbocycles. The van der Waals surface area contributed by atoms with E-state index < -0.39 is 0 Å². The third kappa shape index (κ3) is 2.55. The molecule has 2 fully saturated rings. The predicted octanol–water partition coefficient (Wildman–Crippen LogP) is 3.90. The zero-order chi connectivity index (χ0) is 15.1. The van der Waals surface area contributed by atoms with E-state index in [1.165, 1.54) is 23.1 Å². The maximum Gasteiger partial charge on any atom is 0.188 e. The molecule has 1 aliphatic carbocycles. The van der Waals surface area contributed by atoms with Crippen LogP contribution in [-0.4, -0.2) is 23.0 Å². The highest BCUT2D eigenvalue weighted by Crippen LogP contribution is 2.42. The minimum absolute atomic E-state index is 0.327. The second kappa shape index (κ2) is 5.29. The lowest BCUT2D eigenvalue weighted by Gasteiger charge is -2.13. The van der Waals surface area contributed by atoms with Gasteiger partial charge in [-0.1, -0.05) is 24.0 Å². The van der Waals surface area contributed by atoms with E-state index in [9.17, 15) is 0 Å². The Morgan fingerprint density at radius 2 is 2.27 bits per heavy atom. The monoisotopic (exact) mass is 310 g/mol. The van der Waals surface area contributed by atoms with Gasteiger partial charge in [-0.25, -0.2) is 4.98 Å². The van der Waals surface area contributed by atoms with E-state index in [2.05, 4.69) is 41.3 Å². The number of aromatic nitrogens is 1. The van der Waals surface area contributed by atoms with Crippen LogP contribution in [0.25, 0.3) is 10.2 Å². The van der Waals surface area contributed by atoms with Crippen molar-refractivity contribution in [3.63, 3.8) is 0 Å². The molecule has 4 nitrogen and oxygen atoms in total. The summed E-state index contributed by atoms with van der Waals surface area (Å²) < 4.78 is 1.24. The number of rotatable bonds is 4. The Morgan fingerprint density at radius 1 is 1.41 bits per heavy atom. The fourth-order valence-corrected chi connectivity index (χ4v) is 3.99. The molecule has 2 aliphatic rings. The van der Waals surface area contributed by atoms with Crippen LogP contribution in [0.15, 0.2) is 30.5 Å². The van der Waals surface area contributed by atoms with E-state index in [-0.39, 0.29) is 0 Å². The van der Waals surface area contributed by atoms with Gasteiger partial charge in [-0.15, -0.1) is 0 Å². The molecule has 0 amide bonds. The van der Waals surface area contributed by atoms with Crippen LogP contribution in [0.4, 0.5) is 5.13 Å². The summed E-state index contributed by atoms with van der Waals surface area (Å²) in [5, 5.41) is 13.2. The molecule has 112 valence electrons. The van der Waals surface area contributed by atoms with Gasteiger partial charge in [0.05, 0.1) is 10.2 Å². The standard InChI is InChI=1S/C17H18N4S/c1-11(14-6-7-21(9-14)10-18)19-17-20-15-5-4-13(12-2-3-12)8-16(15)22-17/h4-5,8,12,14H,1-3,6-7,9H2,(H,19,20). The topological polar surface area (TPSA) is 52.0 Å². The minimum Gasteiger partial charge on any atom is -0.335 e. The van der Waals surface area contributed by atoms with Gasteiger partial charge in [0, 0.05) is 24.7 Å². The average Bonchev–Trinajstić information content (AvgIpc) is 3.12. The number of likely N-dealkylation sites (tertiary alicyclic amines) is 1. The molecule has 5 heteroatoms. The lowest BCUT2D eigenvalue weighted by molar-refractivity contribution is 0.471. The molecule has 1 aromatic heterocycles. The molecule has 22 heavy (non-hydrogen) atoms. The highest BCUT2D eigenvalue weighted by molar-refractivity contribution is 7.22. The van der Waals surface area contributed by atoms with Gasteiger partial charge in [0.2, 0.25) is 0 Å². The van der Waals surface area contributed by atoms with Crippen LogP contribution in [0.3, 0.4) is 0 Å². The SMILES string of the molecule is C=C(Nc1nc2ccc(C3CC3)cc2s1)C1CCN(C#N)C1. The lowest BCUT2D eigenvalue weighted by atomic mass is 10.1. The normalized spacial score (nSPS) is 21.0. The predicted molar refractivity (Wildman–Crippen MR) is 89.7 cm³/mol. The molecule has 1 atom stereocenters. The van der Waals surface area contributed by atoms with Gasteiger partial charge in [-0.2, -0.15) is 5.26 Å². The Kier molecular flexibility index (Phi) is 3.27. The maximum atomic E-state index is 8.94. The van der Waals surface area contributed by atoms with Gasteiger partial charge in [0.25, 0.3) is 0 Å². The molecule has 1 saturated heterocycles. The van der Waals surface area contributed by atoms with E-state index in [4.69, 9.17) is 5.26 Å². The van der Waals surface area contributed by atoms with Gasteiger partial charge >= 0.3 is 0 Å². The fourth-order valence-electron chi connectivity index (χ4n) is 3.04. The Morgan fingerprint density at radius 3 is 3.00 bits per heavy atom. The molecule has 1 N–H and O–H groups in total. The Balaban J connectivity index is 1.49. The van der Waals surface area contributed by atoms with Crippen LogP contribution in [0.5, 0.6) is 0 Å². The first-order valence-corrected chi connectivity index (χ1v) is 8.55. The van der Waals surface area contributed by atoms with Crippen LogP contribution in [-0.2, 0) is 0 Å². The number of nitriles is 1. The molecule has 1 aliphatic heterocycles. The summed E-state index contributed by atoms with van der Waals surface area (Å²) in [4.78, 5) is 6.44. The second-order valence-corrected chi connectivity index (χ2v) is 7.23. The largest absolute Gasteiger partial charge is 0.335 e. The first kappa shape index (κ1) is 13.6. The number of hydrogen-bond acceptors (Lipinski definition) is 5. The van der Waals surface area contributed by atoms with Crippen LogP contribution < -0.4 is 5.32 Å². The zero-order valence-electron chi connectivity index (χ0n) is 12.4. The number of fused-ring (bicyclic) bond motifs is 1. The molecule has 2 aromatic rings. The van der Waals surface area contributed by atoms with Crippen molar-refractivity contribution in [2.45, 2.75) is 25.2 Å². The molecule has 0 spiro atoms. The molecule has 0 radical (unpaired) electrons. The van der Waals surface area contributed by atoms with Crippen molar-refractivity contribution < 1.29 is 0 Å². The van der Waals surface area contributed by atoms with E-state index in [1.807, 2.05) is 0 Å². The molecule has 0 bridgehead atoms. The molecular formula is C17H18N4S. The minimum atomic E-state index is 0.327. The fraction of sp³-hybridized carbons (Fsp3) is 0.412. The zero-order valence-corrected chi connectivity index (χ0v) is 13.2. The van der Waals surface area contributed by atoms with Crippen molar-refractivity contribution in [2.75, 3.05) is 18.4 Å². The van der Waals surface area contributed by atoms with Crippen molar-refractivity contribution in [2.24, 2.45) is 5.92 Å². The Labute approximate surface area is 134 Å². The van der Waals surface area contributed by atoms with E-state index in [0.717, 1.165) is 41.8 Å². The summed E-state index contributed by atoms with van der Waals surface area (Å²) in [5.74, 6) is 1.10. The molecular weight excluding hydrogens is 292 g/mol. The second-order valence-electron chi connectivity index (χ2n) is 6.20. The number of thiazole rings is 1. The number of benzene rings is 1. The summed E-state index contributed by atoms with van der Waals surface area (Å²) in [5.41, 5.74) is 3.47. The van der Waals surface area contributed by atoms with Crippen molar-refractivity contribution >= 4 is 26.7 Å². The molecule has 2 heterocycles. The third-order valence-electron chi connectivity index (χ3n) is 4.55. The average molecular weight is 310 g/mol. The molecule has 1 saturated carbocycles. The van der Waals surface area contributed by atoms with E-state index in [1.54, 1.807) is 16.2 Å². The van der Waals surface area contributed by atoms with Crippen molar-refractivity contribution in [3.8, 4) is 6.19 Å². The van der Waals surface area contributed by atoms with Gasteiger partial charge in [0.1, 0.15) is 0 Å². The smallest absolute Gasteiger partial charge is 0.188 e. The number of hydrogen-bond donors (Lipinski definition) is 1. The van der Waals surface area contributed by atoms with Gasteiger partial charge in [0.15, 0.2) is 11.3 Å². The molecule has 1 unspecified atom stereocenters. The first-order valence-electron chi connectivity index (χ1n) is 7.74. The summed E-state index contributed by atoms with van der Waals surface area (Å²) in [6, 6.07) is 6.62. The third-order valence-corrected chi connectivity index (χ3v) is 5.48. The van der Waals surface area contributed by atoms with Crippen LogP contribution in [0.1, 0.15) is 30.7 Å². The Bertz CT molecular complexity index is 769. The highest BCUT2D eigenvalue weighted by atomic mass is 32.1. The quantitative estimate of drug-likeness (QED) is 0.870. The summed E-state index contributed by atoms with van der Waals surface area (Å²) in [7, 11) is 0. The van der Waals surface area contributed by atoms with Gasteiger partial charge < -0.3 is 10.2 Å². The van der Waals surface area contributed by atoms with E-state index >= 15 is 0 Å². The maximum absolute atomic E-state index is 8.94. The summed E-state index contributed by atoms with van der Waals surface area (Å²) >= 11 is 1.69. The van der Waals surface area contributed by atoms with E-state index in [0.29, 0.717) is 5.92 Å². The van der Waals surface area contributed by atoms with Gasteiger partial charge in [-0.3, -0.25) is 0 Å². The molecule has 4 rings (SSSR count). The van der Waals surface area contributed by atoms with Crippen molar-refractivity contribution in [1.82, 2.24) is 9.88 Å². The van der Waals surface area contributed by atoms with Gasteiger partial charge in [-0.05, 0) is 42.9 Å². The number of nitrogens with one attached hydrogen (secondary N) is 1. The van der Waals surface area contributed by atoms with Crippen LogP contribution in [0.2, 0.25) is 0 Å². The highest BCUT2D eigenvalue weighted by Gasteiger charge is 2.25. The summed E-state index contributed by atoms with van der Waals surface area (Å²) in [6.07, 6.45) is 5.84. The first-order chi connectivity index (χ1) is 10.7. The number of anilines is 1. The lowest BCUT2D eigenvalue weighted by Crippen LogP contribution is -2.16.